The Morgan fingerprint density at radius 2 is 1.95 bits per heavy atom. The molecule has 1 aliphatic carbocycles. The maximum Gasteiger partial charge on any atom is 0.247 e. The summed E-state index contributed by atoms with van der Waals surface area (Å²) in [6.45, 7) is 3.86. The number of aliphatic hydroxyl groups is 1. The SMILES string of the molecule is C[C@@H]1CN([C@H](C)CO)S(=O)(=O)c2ccc(C3=CCCCC3)cc2O[C@@H]1CN(C)C(=O)Cc1ccccc1. The van der Waals surface area contributed by atoms with Crippen molar-refractivity contribution in [3.8, 4) is 5.75 Å². The Kier molecular flexibility index (Phi) is 8.72. The van der Waals surface area contributed by atoms with E-state index in [-0.39, 0.29) is 36.3 Å². The fourth-order valence-electron chi connectivity index (χ4n) is 5.02. The van der Waals surface area contributed by atoms with Crippen LogP contribution in [0.25, 0.3) is 5.57 Å². The molecule has 0 radical (unpaired) electrons. The molecule has 0 fully saturated rings. The zero-order valence-corrected chi connectivity index (χ0v) is 22.8. The number of sulfonamides is 1. The molecule has 37 heavy (non-hydrogen) atoms. The van der Waals surface area contributed by atoms with E-state index in [1.807, 2.05) is 49.4 Å². The quantitative estimate of drug-likeness (QED) is 0.587. The van der Waals surface area contributed by atoms with Gasteiger partial charge in [0.05, 0.1) is 19.6 Å². The molecule has 1 amide bonds. The minimum Gasteiger partial charge on any atom is -0.487 e. The number of ether oxygens (including phenoxy) is 1. The van der Waals surface area contributed by atoms with Gasteiger partial charge in [0.1, 0.15) is 16.7 Å². The van der Waals surface area contributed by atoms with Crippen LogP contribution in [0.2, 0.25) is 0 Å². The Balaban J connectivity index is 1.67. The average Bonchev–Trinajstić information content (AvgIpc) is 2.91. The van der Waals surface area contributed by atoms with Crippen LogP contribution in [0.3, 0.4) is 0 Å². The van der Waals surface area contributed by atoms with Gasteiger partial charge in [0, 0.05) is 25.6 Å². The Morgan fingerprint density at radius 3 is 2.62 bits per heavy atom. The molecule has 2 aromatic rings. The fourth-order valence-corrected chi connectivity index (χ4v) is 6.85. The summed E-state index contributed by atoms with van der Waals surface area (Å²) in [5.74, 6) is 0.0552. The van der Waals surface area contributed by atoms with E-state index in [0.29, 0.717) is 12.3 Å². The highest BCUT2D eigenvalue weighted by atomic mass is 32.2. The summed E-state index contributed by atoms with van der Waals surface area (Å²) in [7, 11) is -2.14. The van der Waals surface area contributed by atoms with Gasteiger partial charge in [-0.3, -0.25) is 4.79 Å². The largest absolute Gasteiger partial charge is 0.487 e. The number of carbonyl (C=O) groups excluding carboxylic acids is 1. The molecule has 0 spiro atoms. The van der Waals surface area contributed by atoms with Crippen LogP contribution in [0, 0.1) is 5.92 Å². The Hall–Kier alpha value is -2.68. The van der Waals surface area contributed by atoms with Gasteiger partial charge in [-0.2, -0.15) is 4.31 Å². The van der Waals surface area contributed by atoms with Crippen LogP contribution in [0.15, 0.2) is 59.5 Å². The molecule has 1 heterocycles. The van der Waals surface area contributed by atoms with Crippen LogP contribution in [-0.2, 0) is 21.2 Å². The number of allylic oxidation sites excluding steroid dienone is 2. The highest BCUT2D eigenvalue weighted by Gasteiger charge is 2.38. The molecule has 0 aromatic heterocycles. The standard InChI is InChI=1S/C29H38N2O5S/c1-21-18-31(22(2)20-32)37(34,35)28-15-14-25(24-12-8-5-9-13-24)17-26(28)36-27(21)19-30(3)29(33)16-23-10-6-4-7-11-23/h4,6-7,10-12,14-15,17,21-22,27,32H,5,8-9,13,16,18-20H2,1-3H3/t21-,22-,27-/m1/s1. The van der Waals surface area contributed by atoms with Crippen molar-refractivity contribution >= 4 is 21.5 Å². The molecule has 3 atom stereocenters. The van der Waals surface area contributed by atoms with Gasteiger partial charge >= 0.3 is 0 Å². The maximum atomic E-state index is 13.7. The first-order valence-corrected chi connectivity index (χ1v) is 14.6. The van der Waals surface area contributed by atoms with Crippen LogP contribution < -0.4 is 4.74 Å². The number of aliphatic hydroxyl groups excluding tert-OH is 1. The van der Waals surface area contributed by atoms with Crippen molar-refractivity contribution in [3.63, 3.8) is 0 Å². The summed E-state index contributed by atoms with van der Waals surface area (Å²) in [5.41, 5.74) is 3.11. The molecular formula is C29H38N2O5S. The highest BCUT2D eigenvalue weighted by Crippen LogP contribution is 2.37. The van der Waals surface area contributed by atoms with Crippen molar-refractivity contribution < 1.29 is 23.1 Å². The first-order valence-electron chi connectivity index (χ1n) is 13.1. The van der Waals surface area contributed by atoms with Gasteiger partial charge < -0.3 is 14.7 Å². The highest BCUT2D eigenvalue weighted by molar-refractivity contribution is 7.89. The predicted octanol–water partition coefficient (Wildman–Crippen LogP) is 4.11. The van der Waals surface area contributed by atoms with Crippen LogP contribution >= 0.6 is 0 Å². The third-order valence-corrected chi connectivity index (χ3v) is 9.43. The van der Waals surface area contributed by atoms with Crippen LogP contribution in [0.1, 0.15) is 50.7 Å². The second kappa shape index (κ2) is 11.8. The Morgan fingerprint density at radius 1 is 1.19 bits per heavy atom. The number of hydrogen-bond donors (Lipinski definition) is 1. The lowest BCUT2D eigenvalue weighted by Gasteiger charge is -2.37. The Bertz CT molecular complexity index is 1230. The van der Waals surface area contributed by atoms with Gasteiger partial charge in [-0.15, -0.1) is 0 Å². The molecule has 200 valence electrons. The third kappa shape index (κ3) is 6.25. The van der Waals surface area contributed by atoms with E-state index in [0.717, 1.165) is 36.8 Å². The molecule has 0 saturated carbocycles. The van der Waals surface area contributed by atoms with Gasteiger partial charge in [0.25, 0.3) is 0 Å². The zero-order chi connectivity index (χ0) is 26.6. The molecule has 1 N–H and O–H groups in total. The Labute approximate surface area is 220 Å². The van der Waals surface area contributed by atoms with Gasteiger partial charge in [-0.25, -0.2) is 8.42 Å². The van der Waals surface area contributed by atoms with E-state index in [9.17, 15) is 18.3 Å². The molecule has 0 bridgehead atoms. The predicted molar refractivity (Wildman–Crippen MR) is 145 cm³/mol. The lowest BCUT2D eigenvalue weighted by molar-refractivity contribution is -0.130. The van der Waals surface area contributed by atoms with E-state index in [1.165, 1.54) is 9.88 Å². The first kappa shape index (κ1) is 27.4. The lowest BCUT2D eigenvalue weighted by atomic mass is 9.93. The average molecular weight is 527 g/mol. The van der Waals surface area contributed by atoms with Crippen LogP contribution in [0.4, 0.5) is 0 Å². The summed E-state index contributed by atoms with van der Waals surface area (Å²) in [5, 5.41) is 9.86. The van der Waals surface area contributed by atoms with E-state index in [2.05, 4.69) is 6.08 Å². The van der Waals surface area contributed by atoms with E-state index in [4.69, 9.17) is 4.74 Å². The smallest absolute Gasteiger partial charge is 0.247 e. The molecular weight excluding hydrogens is 488 g/mol. The van der Waals surface area contributed by atoms with Crippen molar-refractivity contribution in [2.24, 2.45) is 5.92 Å². The summed E-state index contributed by atoms with van der Waals surface area (Å²) >= 11 is 0. The topological polar surface area (TPSA) is 87.2 Å². The van der Waals surface area contributed by atoms with Gasteiger partial charge in [0.15, 0.2) is 0 Å². The maximum absolute atomic E-state index is 13.7. The molecule has 0 saturated heterocycles. The first-order chi connectivity index (χ1) is 17.7. The summed E-state index contributed by atoms with van der Waals surface area (Å²) < 4.78 is 35.2. The normalized spacial score (nSPS) is 22.5. The van der Waals surface area contributed by atoms with Crippen LogP contribution in [0.5, 0.6) is 5.75 Å². The number of benzene rings is 2. The zero-order valence-electron chi connectivity index (χ0n) is 22.0. The molecule has 2 aromatic carbocycles. The summed E-state index contributed by atoms with van der Waals surface area (Å²) in [6, 6.07) is 14.3. The number of rotatable bonds is 7. The number of carbonyl (C=O) groups is 1. The van der Waals surface area contributed by atoms with Crippen LogP contribution in [-0.4, -0.2) is 67.5 Å². The number of nitrogens with zero attached hydrogens (tertiary/aromatic N) is 2. The minimum atomic E-state index is -3.89. The molecule has 7 nitrogen and oxygen atoms in total. The number of hydrogen-bond acceptors (Lipinski definition) is 5. The summed E-state index contributed by atoms with van der Waals surface area (Å²) in [6.07, 6.45) is 6.32. The lowest BCUT2D eigenvalue weighted by Crippen LogP contribution is -2.50. The van der Waals surface area contributed by atoms with E-state index >= 15 is 0 Å². The number of likely N-dealkylation sites (N-methyl/N-ethyl adjacent to an activating group) is 1. The number of fused-ring (bicyclic) bond motifs is 1. The van der Waals surface area contributed by atoms with Gasteiger partial charge in [0.2, 0.25) is 15.9 Å². The van der Waals surface area contributed by atoms with Crippen molar-refractivity contribution in [2.45, 2.75) is 63.0 Å². The second-order valence-electron chi connectivity index (χ2n) is 10.3. The van der Waals surface area contributed by atoms with Crippen molar-refractivity contribution in [1.82, 2.24) is 9.21 Å². The van der Waals surface area contributed by atoms with Crippen molar-refractivity contribution in [2.75, 3.05) is 26.7 Å². The van der Waals surface area contributed by atoms with E-state index in [1.54, 1.807) is 24.9 Å². The monoisotopic (exact) mass is 526 g/mol. The molecule has 8 heteroatoms. The summed E-state index contributed by atoms with van der Waals surface area (Å²) in [4.78, 5) is 14.8. The molecule has 4 rings (SSSR count). The fraction of sp³-hybridized carbons (Fsp3) is 0.483. The minimum absolute atomic E-state index is 0.0291. The van der Waals surface area contributed by atoms with Gasteiger partial charge in [-0.05, 0) is 61.4 Å². The molecule has 0 unspecified atom stereocenters. The molecule has 1 aliphatic heterocycles. The second-order valence-corrected chi connectivity index (χ2v) is 12.2. The number of amides is 1. The van der Waals surface area contributed by atoms with E-state index < -0.39 is 22.2 Å². The van der Waals surface area contributed by atoms with Gasteiger partial charge in [-0.1, -0.05) is 49.4 Å². The van der Waals surface area contributed by atoms with Crippen molar-refractivity contribution in [3.05, 3.63) is 65.7 Å². The van der Waals surface area contributed by atoms with Crippen molar-refractivity contribution in [1.29, 1.82) is 0 Å². The molecule has 2 aliphatic rings. The third-order valence-electron chi connectivity index (χ3n) is 7.41.